The number of halogens is 1. The molecule has 1 aromatic rings. The number of anilines is 1. The summed E-state index contributed by atoms with van der Waals surface area (Å²) in [6, 6.07) is 4.44. The molecule has 1 unspecified atom stereocenters. The van der Waals surface area contributed by atoms with Gasteiger partial charge in [-0.15, -0.1) is 11.6 Å². The molecule has 0 radical (unpaired) electrons. The van der Waals surface area contributed by atoms with Crippen molar-refractivity contribution in [3.8, 4) is 0 Å². The zero-order valence-electron chi connectivity index (χ0n) is 10.5. The van der Waals surface area contributed by atoms with Crippen LogP contribution in [0, 0.1) is 12.3 Å². The molecule has 0 aliphatic rings. The first-order valence-electron chi connectivity index (χ1n) is 5.68. The van der Waals surface area contributed by atoms with Gasteiger partial charge in [0.2, 0.25) is 0 Å². The minimum Gasteiger partial charge on any atom is -0.382 e. The summed E-state index contributed by atoms with van der Waals surface area (Å²) in [5, 5.41) is 3.54. The largest absolute Gasteiger partial charge is 0.382 e. The molecule has 1 atom stereocenters. The Morgan fingerprint density at radius 3 is 2.62 bits per heavy atom. The van der Waals surface area contributed by atoms with Crippen LogP contribution in [-0.2, 0) is 0 Å². The Morgan fingerprint density at radius 2 is 2.12 bits per heavy atom. The first-order chi connectivity index (χ1) is 7.43. The minimum atomic E-state index is 0.200. The fourth-order valence-corrected chi connectivity index (χ4v) is 1.89. The van der Waals surface area contributed by atoms with Crippen molar-refractivity contribution in [2.75, 3.05) is 11.2 Å². The van der Waals surface area contributed by atoms with Gasteiger partial charge in [-0.1, -0.05) is 20.8 Å². The van der Waals surface area contributed by atoms with E-state index in [4.69, 9.17) is 11.6 Å². The molecule has 0 bridgehead atoms. The molecule has 0 amide bonds. The number of aromatic nitrogens is 1. The number of nitrogens with one attached hydrogen (secondary N) is 1. The van der Waals surface area contributed by atoms with Gasteiger partial charge < -0.3 is 5.32 Å². The minimum absolute atomic E-state index is 0.200. The fraction of sp³-hybridized carbons (Fsp3) is 0.615. The molecule has 16 heavy (non-hydrogen) atoms. The van der Waals surface area contributed by atoms with Crippen molar-refractivity contribution >= 4 is 17.3 Å². The third-order valence-electron chi connectivity index (χ3n) is 2.68. The maximum Gasteiger partial charge on any atom is 0.0393 e. The number of nitrogens with zero attached hydrogens (tertiary/aromatic N) is 1. The summed E-state index contributed by atoms with van der Waals surface area (Å²) in [5.41, 5.74) is 2.35. The first-order valence-corrected chi connectivity index (χ1v) is 6.22. The highest BCUT2D eigenvalue weighted by molar-refractivity contribution is 6.17. The van der Waals surface area contributed by atoms with E-state index in [-0.39, 0.29) is 5.41 Å². The second-order valence-electron chi connectivity index (χ2n) is 5.23. The average Bonchev–Trinajstić information content (AvgIpc) is 2.16. The van der Waals surface area contributed by atoms with Crippen molar-refractivity contribution in [1.82, 2.24) is 4.98 Å². The Morgan fingerprint density at radius 1 is 1.44 bits per heavy atom. The Hall–Kier alpha value is -0.760. The quantitative estimate of drug-likeness (QED) is 0.809. The summed E-state index contributed by atoms with van der Waals surface area (Å²) < 4.78 is 0. The summed E-state index contributed by atoms with van der Waals surface area (Å²) >= 11 is 5.85. The molecule has 0 saturated carbocycles. The van der Waals surface area contributed by atoms with Crippen LogP contribution in [-0.4, -0.2) is 16.9 Å². The molecule has 0 fully saturated rings. The van der Waals surface area contributed by atoms with Crippen LogP contribution in [0.25, 0.3) is 0 Å². The predicted molar refractivity (Wildman–Crippen MR) is 71.2 cm³/mol. The van der Waals surface area contributed by atoms with Crippen molar-refractivity contribution in [2.45, 2.75) is 40.2 Å². The van der Waals surface area contributed by atoms with Crippen molar-refractivity contribution in [3.63, 3.8) is 0 Å². The van der Waals surface area contributed by atoms with Gasteiger partial charge >= 0.3 is 0 Å². The highest BCUT2D eigenvalue weighted by Crippen LogP contribution is 2.25. The van der Waals surface area contributed by atoms with E-state index in [0.717, 1.165) is 17.8 Å². The average molecular weight is 241 g/mol. The predicted octanol–water partition coefficient (Wildman–Crippen LogP) is 3.85. The highest BCUT2D eigenvalue weighted by atomic mass is 35.5. The van der Waals surface area contributed by atoms with Crippen LogP contribution in [0.15, 0.2) is 18.3 Å². The molecule has 0 aliphatic heterocycles. The van der Waals surface area contributed by atoms with Gasteiger partial charge in [0.05, 0.1) is 0 Å². The third kappa shape index (κ3) is 4.01. The van der Waals surface area contributed by atoms with Crippen LogP contribution < -0.4 is 5.32 Å². The van der Waals surface area contributed by atoms with Crippen molar-refractivity contribution < 1.29 is 0 Å². The maximum absolute atomic E-state index is 5.85. The van der Waals surface area contributed by atoms with E-state index in [1.807, 2.05) is 19.2 Å². The number of hydrogen-bond donors (Lipinski definition) is 1. The van der Waals surface area contributed by atoms with Crippen LogP contribution in [0.1, 0.15) is 32.9 Å². The number of aryl methyl sites for hydroxylation is 1. The molecule has 1 heterocycles. The second-order valence-corrected chi connectivity index (χ2v) is 5.60. The molecular weight excluding hydrogens is 220 g/mol. The Kier molecular flexibility index (Phi) is 4.60. The Bertz CT molecular complexity index is 331. The molecule has 1 aromatic heterocycles. The van der Waals surface area contributed by atoms with Gasteiger partial charge in [-0.2, -0.15) is 0 Å². The Balaban J connectivity index is 2.76. The lowest BCUT2D eigenvalue weighted by atomic mass is 9.85. The molecule has 90 valence electrons. The normalized spacial score (nSPS) is 13.6. The molecular formula is C13H21ClN2. The van der Waals surface area contributed by atoms with Crippen LogP contribution in [0.4, 0.5) is 5.69 Å². The zero-order valence-corrected chi connectivity index (χ0v) is 11.3. The summed E-state index contributed by atoms with van der Waals surface area (Å²) in [7, 11) is 0. The van der Waals surface area contributed by atoms with E-state index in [1.54, 1.807) is 0 Å². The second kappa shape index (κ2) is 5.53. The van der Waals surface area contributed by atoms with Crippen LogP contribution in [0.2, 0.25) is 0 Å². The van der Waals surface area contributed by atoms with E-state index in [9.17, 15) is 0 Å². The fourth-order valence-electron chi connectivity index (χ4n) is 1.67. The van der Waals surface area contributed by atoms with E-state index in [2.05, 4.69) is 37.1 Å². The van der Waals surface area contributed by atoms with Crippen molar-refractivity contribution in [1.29, 1.82) is 0 Å². The first kappa shape index (κ1) is 13.3. The summed E-state index contributed by atoms with van der Waals surface area (Å²) in [6.45, 7) is 8.68. The lowest BCUT2D eigenvalue weighted by Gasteiger charge is -2.32. The summed E-state index contributed by atoms with van der Waals surface area (Å²) in [5.74, 6) is 0.680. The molecule has 2 nitrogen and oxygen atoms in total. The van der Waals surface area contributed by atoms with Gasteiger partial charge in [-0.05, 0) is 30.9 Å². The van der Waals surface area contributed by atoms with E-state index in [0.29, 0.717) is 11.9 Å². The van der Waals surface area contributed by atoms with Crippen LogP contribution >= 0.6 is 11.6 Å². The number of alkyl halides is 1. The van der Waals surface area contributed by atoms with Gasteiger partial charge in [-0.25, -0.2) is 0 Å². The standard InChI is InChI=1S/C13H21ClN2/c1-10-9-11(6-8-15-10)16-12(5-7-14)13(2,3)4/h6,8-9,12H,5,7H2,1-4H3,(H,15,16). The van der Waals surface area contributed by atoms with Gasteiger partial charge in [0.15, 0.2) is 0 Å². The lowest BCUT2D eigenvalue weighted by molar-refractivity contribution is 0.334. The molecule has 1 rings (SSSR count). The topological polar surface area (TPSA) is 24.9 Å². The zero-order chi connectivity index (χ0) is 12.2. The van der Waals surface area contributed by atoms with E-state index < -0.39 is 0 Å². The van der Waals surface area contributed by atoms with Crippen molar-refractivity contribution in [3.05, 3.63) is 24.0 Å². The van der Waals surface area contributed by atoms with Gasteiger partial charge in [0.25, 0.3) is 0 Å². The molecule has 0 aromatic carbocycles. The van der Waals surface area contributed by atoms with Gasteiger partial charge in [0.1, 0.15) is 0 Å². The maximum atomic E-state index is 5.85. The molecule has 0 spiro atoms. The third-order valence-corrected chi connectivity index (χ3v) is 2.90. The van der Waals surface area contributed by atoms with Gasteiger partial charge in [0, 0.05) is 29.5 Å². The summed E-state index contributed by atoms with van der Waals surface area (Å²) in [4.78, 5) is 4.19. The SMILES string of the molecule is Cc1cc(NC(CCCl)C(C)(C)C)ccn1. The molecule has 0 aliphatic carbocycles. The van der Waals surface area contributed by atoms with Crippen LogP contribution in [0.5, 0.6) is 0 Å². The van der Waals surface area contributed by atoms with E-state index >= 15 is 0 Å². The Labute approximate surface area is 103 Å². The smallest absolute Gasteiger partial charge is 0.0393 e. The molecule has 1 N–H and O–H groups in total. The monoisotopic (exact) mass is 240 g/mol. The highest BCUT2D eigenvalue weighted by Gasteiger charge is 2.23. The van der Waals surface area contributed by atoms with E-state index in [1.165, 1.54) is 0 Å². The van der Waals surface area contributed by atoms with Gasteiger partial charge in [-0.3, -0.25) is 4.98 Å². The summed E-state index contributed by atoms with van der Waals surface area (Å²) in [6.07, 6.45) is 2.80. The van der Waals surface area contributed by atoms with Crippen molar-refractivity contribution in [2.24, 2.45) is 5.41 Å². The number of rotatable bonds is 4. The lowest BCUT2D eigenvalue weighted by Crippen LogP contribution is -2.34. The van der Waals surface area contributed by atoms with Crippen LogP contribution in [0.3, 0.4) is 0 Å². The molecule has 3 heteroatoms. The number of pyridine rings is 1. The molecule has 0 saturated heterocycles. The number of hydrogen-bond acceptors (Lipinski definition) is 2.